The van der Waals surface area contributed by atoms with Crippen LogP contribution in [0.15, 0.2) is 39.2 Å². The van der Waals surface area contributed by atoms with E-state index in [0.29, 0.717) is 12.3 Å². The van der Waals surface area contributed by atoms with Crippen LogP contribution in [-0.4, -0.2) is 30.4 Å². The van der Waals surface area contributed by atoms with E-state index in [1.54, 1.807) is 0 Å². The van der Waals surface area contributed by atoms with Gasteiger partial charge in [-0.3, -0.25) is 9.69 Å². The fourth-order valence-electron chi connectivity index (χ4n) is 4.20. The van der Waals surface area contributed by atoms with Gasteiger partial charge in [-0.05, 0) is 76.4 Å². The zero-order valence-electron chi connectivity index (χ0n) is 17.7. The number of piperidine rings is 1. The summed E-state index contributed by atoms with van der Waals surface area (Å²) >= 11 is 0. The van der Waals surface area contributed by atoms with Crippen LogP contribution < -0.4 is 5.32 Å². The molecule has 1 aromatic carbocycles. The largest absolute Gasteiger partial charge is 0.465 e. The molecule has 1 fully saturated rings. The smallest absolute Gasteiger partial charge is 0.287 e. The lowest BCUT2D eigenvalue weighted by molar-refractivity contribution is 0.0871. The van der Waals surface area contributed by atoms with Gasteiger partial charge in [0, 0.05) is 17.5 Å². The number of carbonyl (C=O) groups excluding carboxylic acids is 1. The molecule has 2 aromatic heterocycles. The van der Waals surface area contributed by atoms with Crippen molar-refractivity contribution >= 4 is 16.9 Å². The van der Waals surface area contributed by atoms with Gasteiger partial charge in [0.15, 0.2) is 5.76 Å². The van der Waals surface area contributed by atoms with Gasteiger partial charge in [-0.2, -0.15) is 0 Å². The van der Waals surface area contributed by atoms with Gasteiger partial charge in [0.1, 0.15) is 17.1 Å². The Morgan fingerprint density at radius 2 is 1.90 bits per heavy atom. The predicted molar refractivity (Wildman–Crippen MR) is 114 cm³/mol. The lowest BCUT2D eigenvalue weighted by atomic mass is 9.97. The third kappa shape index (κ3) is 4.10. The molecule has 0 saturated carbocycles. The molecule has 1 saturated heterocycles. The van der Waals surface area contributed by atoms with E-state index in [9.17, 15) is 4.79 Å². The molecule has 5 heteroatoms. The van der Waals surface area contributed by atoms with Crippen molar-refractivity contribution in [2.75, 3.05) is 19.6 Å². The van der Waals surface area contributed by atoms with E-state index in [1.165, 1.54) is 12.8 Å². The van der Waals surface area contributed by atoms with E-state index in [-0.39, 0.29) is 11.9 Å². The second kappa shape index (κ2) is 8.07. The number of aryl methyl sites for hydroxylation is 3. The number of rotatable bonds is 5. The van der Waals surface area contributed by atoms with Crippen molar-refractivity contribution in [2.45, 2.75) is 46.6 Å². The van der Waals surface area contributed by atoms with Crippen molar-refractivity contribution in [3.8, 4) is 0 Å². The number of nitrogens with zero attached hydrogens (tertiary/aromatic N) is 1. The lowest BCUT2D eigenvalue weighted by Gasteiger charge is -2.35. The quantitative estimate of drug-likeness (QED) is 0.650. The molecule has 0 spiro atoms. The first-order valence-electron chi connectivity index (χ1n) is 10.5. The van der Waals surface area contributed by atoms with Crippen LogP contribution >= 0.6 is 0 Å². The number of amides is 1. The van der Waals surface area contributed by atoms with E-state index < -0.39 is 0 Å². The molecular weight excluding hydrogens is 364 g/mol. The molecule has 0 aliphatic carbocycles. The van der Waals surface area contributed by atoms with Gasteiger partial charge < -0.3 is 14.2 Å². The van der Waals surface area contributed by atoms with Gasteiger partial charge in [-0.15, -0.1) is 0 Å². The summed E-state index contributed by atoms with van der Waals surface area (Å²) in [6.45, 7) is 10.8. The average Bonchev–Trinajstić information content (AvgIpc) is 3.26. The minimum Gasteiger partial charge on any atom is -0.465 e. The molecule has 154 valence electrons. The third-order valence-corrected chi connectivity index (χ3v) is 6.10. The number of nitrogens with one attached hydrogen (secondary N) is 1. The SMILES string of the molecule is Cc1ccc2c(C)c(C(=O)NC[C@@H](c3ccc(C)o3)N3CCC(C)CC3)oc2c1. The number of benzene rings is 1. The first kappa shape index (κ1) is 19.8. The second-order valence-corrected chi connectivity index (χ2v) is 8.45. The Morgan fingerprint density at radius 1 is 1.14 bits per heavy atom. The zero-order valence-corrected chi connectivity index (χ0v) is 17.7. The molecule has 5 nitrogen and oxygen atoms in total. The number of fused-ring (bicyclic) bond motifs is 1. The van der Waals surface area contributed by atoms with Gasteiger partial charge in [-0.1, -0.05) is 19.1 Å². The maximum atomic E-state index is 12.9. The topological polar surface area (TPSA) is 58.6 Å². The Balaban J connectivity index is 1.52. The Bertz CT molecular complexity index is 1010. The van der Waals surface area contributed by atoms with Crippen molar-refractivity contribution in [3.63, 3.8) is 0 Å². The van der Waals surface area contributed by atoms with Gasteiger partial charge in [-0.25, -0.2) is 0 Å². The monoisotopic (exact) mass is 394 g/mol. The molecule has 1 amide bonds. The minimum absolute atomic E-state index is 0.0343. The molecular formula is C24H30N2O3. The summed E-state index contributed by atoms with van der Waals surface area (Å²) in [6.07, 6.45) is 2.35. The molecule has 1 atom stereocenters. The third-order valence-electron chi connectivity index (χ3n) is 6.10. The highest BCUT2D eigenvalue weighted by Crippen LogP contribution is 2.29. The number of hydrogen-bond donors (Lipinski definition) is 1. The van der Waals surface area contributed by atoms with Crippen LogP contribution in [0.4, 0.5) is 0 Å². The number of furan rings is 2. The van der Waals surface area contributed by atoms with E-state index in [2.05, 4.69) is 17.1 Å². The second-order valence-electron chi connectivity index (χ2n) is 8.45. The molecule has 3 aromatic rings. The molecule has 1 aliphatic heterocycles. The molecule has 0 unspecified atom stereocenters. The van der Waals surface area contributed by atoms with Gasteiger partial charge in [0.25, 0.3) is 5.91 Å². The minimum atomic E-state index is -0.171. The van der Waals surface area contributed by atoms with Gasteiger partial charge in [0.2, 0.25) is 0 Å². The van der Waals surface area contributed by atoms with Crippen LogP contribution in [0.3, 0.4) is 0 Å². The molecule has 29 heavy (non-hydrogen) atoms. The highest BCUT2D eigenvalue weighted by Gasteiger charge is 2.28. The predicted octanol–water partition coefficient (Wildman–Crippen LogP) is 5.15. The van der Waals surface area contributed by atoms with Crippen LogP contribution in [0.5, 0.6) is 0 Å². The Hall–Kier alpha value is -2.53. The summed E-state index contributed by atoms with van der Waals surface area (Å²) in [7, 11) is 0. The normalized spacial score (nSPS) is 17.0. The summed E-state index contributed by atoms with van der Waals surface area (Å²) in [5.74, 6) is 2.78. The fourth-order valence-corrected chi connectivity index (χ4v) is 4.20. The fraction of sp³-hybridized carbons (Fsp3) is 0.458. The van der Waals surface area contributed by atoms with Gasteiger partial charge in [0.05, 0.1) is 6.04 Å². The zero-order chi connectivity index (χ0) is 20.5. The van der Waals surface area contributed by atoms with Crippen LogP contribution in [0.25, 0.3) is 11.0 Å². The Kier molecular flexibility index (Phi) is 5.50. The van der Waals surface area contributed by atoms with Crippen LogP contribution in [0.2, 0.25) is 0 Å². The first-order valence-corrected chi connectivity index (χ1v) is 10.5. The van der Waals surface area contributed by atoms with Crippen molar-refractivity contribution in [1.29, 1.82) is 0 Å². The maximum absolute atomic E-state index is 12.9. The van der Waals surface area contributed by atoms with Crippen LogP contribution in [0, 0.1) is 26.7 Å². The highest BCUT2D eigenvalue weighted by molar-refractivity contribution is 5.99. The summed E-state index contributed by atoms with van der Waals surface area (Å²) in [5, 5.41) is 4.09. The Labute approximate surface area is 172 Å². The summed E-state index contributed by atoms with van der Waals surface area (Å²) in [6, 6.07) is 10.1. The first-order chi connectivity index (χ1) is 13.9. The molecule has 4 rings (SSSR count). The molecule has 0 bridgehead atoms. The highest BCUT2D eigenvalue weighted by atomic mass is 16.3. The van der Waals surface area contributed by atoms with Crippen molar-refractivity contribution < 1.29 is 13.6 Å². The van der Waals surface area contributed by atoms with Crippen molar-refractivity contribution in [1.82, 2.24) is 10.2 Å². The van der Waals surface area contributed by atoms with Crippen LogP contribution in [0.1, 0.15) is 59.0 Å². The lowest BCUT2D eigenvalue weighted by Crippen LogP contribution is -2.41. The Morgan fingerprint density at radius 3 is 2.59 bits per heavy atom. The average molecular weight is 395 g/mol. The number of likely N-dealkylation sites (tertiary alicyclic amines) is 1. The molecule has 0 radical (unpaired) electrons. The molecule has 1 N–H and O–H groups in total. The molecule has 1 aliphatic rings. The number of carbonyl (C=O) groups is 1. The summed E-state index contributed by atoms with van der Waals surface area (Å²) < 4.78 is 11.8. The van der Waals surface area contributed by atoms with E-state index >= 15 is 0 Å². The van der Waals surface area contributed by atoms with Crippen LogP contribution in [-0.2, 0) is 0 Å². The van der Waals surface area contributed by atoms with Crippen molar-refractivity contribution in [3.05, 3.63) is 58.7 Å². The summed E-state index contributed by atoms with van der Waals surface area (Å²) in [4.78, 5) is 15.4. The maximum Gasteiger partial charge on any atom is 0.287 e. The van der Waals surface area contributed by atoms with E-state index in [1.807, 2.05) is 51.1 Å². The standard InChI is InChI=1S/C24H30N2O3/c1-15-9-11-26(12-10-15)20(21-8-6-17(3)28-21)14-25-24(27)23-18(4)19-7-5-16(2)13-22(19)29-23/h5-8,13,15,20H,9-12,14H2,1-4H3,(H,25,27)/t20-/m0/s1. The van der Waals surface area contributed by atoms with E-state index in [4.69, 9.17) is 8.83 Å². The van der Waals surface area contributed by atoms with Gasteiger partial charge >= 0.3 is 0 Å². The molecule has 3 heterocycles. The van der Waals surface area contributed by atoms with Crippen molar-refractivity contribution in [2.24, 2.45) is 5.92 Å². The number of hydrogen-bond acceptors (Lipinski definition) is 4. The van der Waals surface area contributed by atoms with E-state index in [0.717, 1.165) is 52.6 Å². The summed E-state index contributed by atoms with van der Waals surface area (Å²) in [5.41, 5.74) is 2.76.